The third-order valence-electron chi connectivity index (χ3n) is 2.75. The second-order valence-corrected chi connectivity index (χ2v) is 4.23. The first-order valence-corrected chi connectivity index (χ1v) is 6.85. The van der Waals surface area contributed by atoms with Crippen LogP contribution in [0.15, 0.2) is 84.3 Å². The van der Waals surface area contributed by atoms with Crippen LogP contribution in [0.5, 0.6) is 0 Å². The Morgan fingerprint density at radius 3 is 2.52 bits per heavy atom. The molecule has 21 heavy (non-hydrogen) atoms. The molecular formula is C18H18N2O. The van der Waals surface area contributed by atoms with Gasteiger partial charge in [-0.2, -0.15) is 0 Å². The van der Waals surface area contributed by atoms with E-state index in [0.717, 1.165) is 17.0 Å². The van der Waals surface area contributed by atoms with Crippen molar-refractivity contribution in [2.75, 3.05) is 6.61 Å². The van der Waals surface area contributed by atoms with Crippen LogP contribution in [0.1, 0.15) is 12.5 Å². The van der Waals surface area contributed by atoms with Crippen molar-refractivity contribution in [3.63, 3.8) is 0 Å². The van der Waals surface area contributed by atoms with Crippen LogP contribution in [0.3, 0.4) is 0 Å². The van der Waals surface area contributed by atoms with E-state index in [4.69, 9.17) is 9.73 Å². The van der Waals surface area contributed by atoms with Gasteiger partial charge in [0, 0.05) is 18.0 Å². The van der Waals surface area contributed by atoms with Crippen LogP contribution in [0.25, 0.3) is 0 Å². The van der Waals surface area contributed by atoms with Gasteiger partial charge in [0.25, 0.3) is 0 Å². The number of benzene rings is 1. The fraction of sp³-hybridized carbons (Fsp3) is 0.111. The van der Waals surface area contributed by atoms with Crippen LogP contribution in [0.2, 0.25) is 0 Å². The zero-order chi connectivity index (χ0) is 14.9. The average Bonchev–Trinajstić information content (AvgIpc) is 2.54. The van der Waals surface area contributed by atoms with Gasteiger partial charge >= 0.3 is 0 Å². The predicted molar refractivity (Wildman–Crippen MR) is 86.8 cm³/mol. The van der Waals surface area contributed by atoms with Crippen molar-refractivity contribution in [2.24, 2.45) is 4.99 Å². The largest absolute Gasteiger partial charge is 0.492 e. The molecule has 1 aromatic heterocycles. The van der Waals surface area contributed by atoms with Crippen molar-refractivity contribution in [3.05, 3.63) is 84.9 Å². The van der Waals surface area contributed by atoms with Crippen molar-refractivity contribution in [2.45, 2.75) is 6.92 Å². The summed E-state index contributed by atoms with van der Waals surface area (Å²) in [4.78, 5) is 8.76. The maximum absolute atomic E-state index is 5.71. The lowest BCUT2D eigenvalue weighted by molar-refractivity contribution is 0.250. The second-order valence-electron chi connectivity index (χ2n) is 4.23. The topological polar surface area (TPSA) is 34.5 Å². The number of aliphatic imine (C=N–C) groups is 1. The number of nitrogens with zero attached hydrogens (tertiary/aromatic N) is 2. The van der Waals surface area contributed by atoms with Crippen LogP contribution in [0.4, 0.5) is 5.69 Å². The SMILES string of the molecule is C=C/C=C(/OCC)C(=Nc1ccccc1)c1ccncc1. The molecule has 3 heteroatoms. The lowest BCUT2D eigenvalue weighted by Gasteiger charge is -2.12. The summed E-state index contributed by atoms with van der Waals surface area (Å²) in [5, 5.41) is 0. The first-order chi connectivity index (χ1) is 10.3. The summed E-state index contributed by atoms with van der Waals surface area (Å²) in [6, 6.07) is 13.6. The minimum Gasteiger partial charge on any atom is -0.492 e. The van der Waals surface area contributed by atoms with E-state index in [0.29, 0.717) is 12.4 Å². The van der Waals surface area contributed by atoms with E-state index in [1.807, 2.05) is 55.5 Å². The van der Waals surface area contributed by atoms with Crippen molar-refractivity contribution in [1.29, 1.82) is 0 Å². The molecule has 0 aliphatic heterocycles. The zero-order valence-electron chi connectivity index (χ0n) is 12.1. The number of rotatable bonds is 6. The number of hydrogen-bond donors (Lipinski definition) is 0. The van der Waals surface area contributed by atoms with Gasteiger partial charge in [0.2, 0.25) is 0 Å². The van der Waals surface area contributed by atoms with E-state index in [2.05, 4.69) is 11.6 Å². The normalized spacial score (nSPS) is 12.0. The molecule has 0 bridgehead atoms. The third kappa shape index (κ3) is 4.14. The summed E-state index contributed by atoms with van der Waals surface area (Å²) in [6.07, 6.45) is 7.01. The van der Waals surface area contributed by atoms with E-state index in [1.54, 1.807) is 18.5 Å². The van der Waals surface area contributed by atoms with E-state index >= 15 is 0 Å². The van der Waals surface area contributed by atoms with Crippen molar-refractivity contribution in [1.82, 2.24) is 4.98 Å². The molecule has 0 atom stereocenters. The molecule has 0 spiro atoms. The molecule has 106 valence electrons. The Bertz CT molecular complexity index is 631. The quantitative estimate of drug-likeness (QED) is 0.448. The Morgan fingerprint density at radius 2 is 1.90 bits per heavy atom. The van der Waals surface area contributed by atoms with Crippen LogP contribution >= 0.6 is 0 Å². The van der Waals surface area contributed by atoms with Crippen LogP contribution < -0.4 is 0 Å². The van der Waals surface area contributed by atoms with E-state index < -0.39 is 0 Å². The number of allylic oxidation sites excluding steroid dienone is 3. The standard InChI is InChI=1S/C18H18N2O/c1-3-8-17(21-4-2)18(15-11-13-19-14-12-15)20-16-9-6-5-7-10-16/h3,5-14H,1,4H2,2H3/b17-8+,20-18?. The van der Waals surface area contributed by atoms with Crippen molar-refractivity contribution in [3.8, 4) is 0 Å². The molecule has 0 amide bonds. The smallest absolute Gasteiger partial charge is 0.145 e. The molecule has 0 aliphatic rings. The van der Waals surface area contributed by atoms with E-state index in [9.17, 15) is 0 Å². The Morgan fingerprint density at radius 1 is 1.19 bits per heavy atom. The molecule has 0 N–H and O–H groups in total. The van der Waals surface area contributed by atoms with Crippen LogP contribution in [0, 0.1) is 0 Å². The first kappa shape index (κ1) is 14.7. The summed E-state index contributed by atoms with van der Waals surface area (Å²) < 4.78 is 5.71. The maximum atomic E-state index is 5.71. The molecular weight excluding hydrogens is 260 g/mol. The van der Waals surface area contributed by atoms with E-state index in [1.165, 1.54) is 0 Å². The molecule has 0 saturated heterocycles. The minimum atomic E-state index is 0.568. The molecule has 1 aromatic carbocycles. The lowest BCUT2D eigenvalue weighted by atomic mass is 10.1. The first-order valence-electron chi connectivity index (χ1n) is 6.85. The van der Waals surface area contributed by atoms with Gasteiger partial charge in [-0.25, -0.2) is 4.99 Å². The number of hydrogen-bond acceptors (Lipinski definition) is 3. The van der Waals surface area contributed by atoms with Gasteiger partial charge in [-0.15, -0.1) is 0 Å². The lowest BCUT2D eigenvalue weighted by Crippen LogP contribution is -2.08. The molecule has 0 aliphatic carbocycles. The Balaban J connectivity index is 2.51. The Hall–Kier alpha value is -2.68. The van der Waals surface area contributed by atoms with Gasteiger partial charge in [-0.1, -0.05) is 30.9 Å². The highest BCUT2D eigenvalue weighted by Gasteiger charge is 2.11. The second kappa shape index (κ2) is 7.80. The summed E-state index contributed by atoms with van der Waals surface area (Å²) in [6.45, 7) is 6.26. The van der Waals surface area contributed by atoms with Gasteiger partial charge in [-0.05, 0) is 37.3 Å². The van der Waals surface area contributed by atoms with Gasteiger partial charge in [0.15, 0.2) is 0 Å². The highest BCUT2D eigenvalue weighted by molar-refractivity contribution is 6.12. The van der Waals surface area contributed by atoms with Crippen LogP contribution in [-0.2, 0) is 4.74 Å². The average molecular weight is 278 g/mol. The minimum absolute atomic E-state index is 0.568. The van der Waals surface area contributed by atoms with E-state index in [-0.39, 0.29) is 0 Å². The number of ether oxygens (including phenoxy) is 1. The van der Waals surface area contributed by atoms with Gasteiger partial charge < -0.3 is 4.74 Å². The fourth-order valence-electron chi connectivity index (χ4n) is 1.86. The van der Waals surface area contributed by atoms with Gasteiger partial charge in [-0.3, -0.25) is 4.98 Å². The highest BCUT2D eigenvalue weighted by Crippen LogP contribution is 2.18. The summed E-state index contributed by atoms with van der Waals surface area (Å²) >= 11 is 0. The summed E-state index contributed by atoms with van der Waals surface area (Å²) in [7, 11) is 0. The zero-order valence-corrected chi connectivity index (χ0v) is 12.1. The van der Waals surface area contributed by atoms with Crippen LogP contribution in [-0.4, -0.2) is 17.3 Å². The molecule has 2 aromatic rings. The molecule has 0 radical (unpaired) electrons. The third-order valence-corrected chi connectivity index (χ3v) is 2.75. The predicted octanol–water partition coefficient (Wildman–Crippen LogP) is 4.31. The monoisotopic (exact) mass is 278 g/mol. The fourth-order valence-corrected chi connectivity index (χ4v) is 1.86. The molecule has 3 nitrogen and oxygen atoms in total. The number of para-hydroxylation sites is 1. The molecule has 0 unspecified atom stereocenters. The van der Waals surface area contributed by atoms with Gasteiger partial charge in [0.05, 0.1) is 12.3 Å². The van der Waals surface area contributed by atoms with Crippen molar-refractivity contribution >= 4 is 11.4 Å². The van der Waals surface area contributed by atoms with Crippen molar-refractivity contribution < 1.29 is 4.74 Å². The Labute approximate surface area is 125 Å². The molecule has 2 rings (SSSR count). The maximum Gasteiger partial charge on any atom is 0.145 e. The van der Waals surface area contributed by atoms with Gasteiger partial charge in [0.1, 0.15) is 11.5 Å². The Kier molecular flexibility index (Phi) is 5.47. The highest BCUT2D eigenvalue weighted by atomic mass is 16.5. The number of aromatic nitrogens is 1. The number of pyridine rings is 1. The molecule has 1 heterocycles. The summed E-state index contributed by atoms with van der Waals surface area (Å²) in [5.41, 5.74) is 2.60. The summed E-state index contributed by atoms with van der Waals surface area (Å²) in [5.74, 6) is 0.697. The molecule has 0 saturated carbocycles. The molecule has 0 fully saturated rings.